The van der Waals surface area contributed by atoms with Crippen LogP contribution in [0.2, 0.25) is 0 Å². The van der Waals surface area contributed by atoms with Crippen molar-refractivity contribution in [3.63, 3.8) is 0 Å². The zero-order chi connectivity index (χ0) is 10.6. The monoisotopic (exact) mass is 234 g/mol. The number of benzene rings is 1. The molecule has 0 amide bonds. The van der Waals surface area contributed by atoms with Crippen LogP contribution in [-0.2, 0) is 10.0 Å². The fourth-order valence-electron chi connectivity index (χ4n) is 0.903. The topological polar surface area (TPSA) is 72.2 Å². The molecular weight excluding hydrogens is 224 g/mol. The first-order valence-corrected chi connectivity index (χ1v) is 5.99. The molecule has 1 aromatic rings. The Balaban J connectivity index is 2.87. The average Bonchev–Trinajstić information content (AvgIpc) is 2.16. The van der Waals surface area contributed by atoms with E-state index in [2.05, 4.69) is 4.72 Å². The lowest BCUT2D eigenvalue weighted by molar-refractivity contribution is 0.584. The van der Waals surface area contributed by atoms with Crippen molar-refractivity contribution in [1.82, 2.24) is 4.72 Å². The SMILES string of the molecule is Nc1ccc(S(=O)(=O)NCCCl)cc1. The maximum Gasteiger partial charge on any atom is 0.240 e. The van der Waals surface area contributed by atoms with Crippen LogP contribution < -0.4 is 10.5 Å². The highest BCUT2D eigenvalue weighted by molar-refractivity contribution is 7.89. The van der Waals surface area contributed by atoms with Gasteiger partial charge in [-0.3, -0.25) is 0 Å². The van der Waals surface area contributed by atoms with Crippen LogP contribution in [0.15, 0.2) is 29.2 Å². The van der Waals surface area contributed by atoms with Crippen LogP contribution in [0, 0.1) is 0 Å². The molecule has 1 aromatic carbocycles. The van der Waals surface area contributed by atoms with Gasteiger partial charge in [0.25, 0.3) is 0 Å². The molecule has 0 aliphatic carbocycles. The highest BCUT2D eigenvalue weighted by Crippen LogP contribution is 2.10. The van der Waals surface area contributed by atoms with Crippen molar-refractivity contribution in [1.29, 1.82) is 0 Å². The Labute approximate surface area is 88.1 Å². The quantitative estimate of drug-likeness (QED) is 0.598. The van der Waals surface area contributed by atoms with Gasteiger partial charge in [0, 0.05) is 18.1 Å². The van der Waals surface area contributed by atoms with Crippen molar-refractivity contribution in [3.8, 4) is 0 Å². The van der Waals surface area contributed by atoms with Crippen molar-refractivity contribution < 1.29 is 8.42 Å². The first-order chi connectivity index (χ1) is 6.56. The van der Waals surface area contributed by atoms with Crippen LogP contribution in [0.4, 0.5) is 5.69 Å². The molecule has 0 unspecified atom stereocenters. The smallest absolute Gasteiger partial charge is 0.240 e. The maximum absolute atomic E-state index is 11.5. The number of nitrogen functional groups attached to an aromatic ring is 1. The molecule has 0 heterocycles. The second-order valence-electron chi connectivity index (χ2n) is 2.66. The predicted octanol–water partition coefficient (Wildman–Crippen LogP) is 0.786. The number of nitrogens with one attached hydrogen (secondary N) is 1. The maximum atomic E-state index is 11.5. The summed E-state index contributed by atoms with van der Waals surface area (Å²) in [6.45, 7) is 0.217. The van der Waals surface area contributed by atoms with E-state index in [1.54, 1.807) is 0 Å². The molecule has 1 rings (SSSR count). The van der Waals surface area contributed by atoms with Crippen molar-refractivity contribution >= 4 is 27.3 Å². The van der Waals surface area contributed by atoms with Gasteiger partial charge in [-0.1, -0.05) is 0 Å². The molecule has 3 N–H and O–H groups in total. The lowest BCUT2D eigenvalue weighted by Gasteiger charge is -2.04. The van der Waals surface area contributed by atoms with Gasteiger partial charge < -0.3 is 5.73 Å². The standard InChI is InChI=1S/C8H11ClN2O2S/c9-5-6-11-14(12,13)8-3-1-7(10)2-4-8/h1-4,11H,5-6,10H2. The number of hydrogen-bond acceptors (Lipinski definition) is 3. The van der Waals surface area contributed by atoms with Gasteiger partial charge in [0.15, 0.2) is 0 Å². The summed E-state index contributed by atoms with van der Waals surface area (Å²) in [4.78, 5) is 0.191. The average molecular weight is 235 g/mol. The van der Waals surface area contributed by atoms with Gasteiger partial charge >= 0.3 is 0 Å². The van der Waals surface area contributed by atoms with Gasteiger partial charge in [0.1, 0.15) is 0 Å². The van der Waals surface area contributed by atoms with E-state index in [0.717, 1.165) is 0 Å². The number of anilines is 1. The molecule has 0 saturated heterocycles. The molecule has 0 aliphatic rings. The lowest BCUT2D eigenvalue weighted by Crippen LogP contribution is -2.25. The van der Waals surface area contributed by atoms with Gasteiger partial charge in [-0.15, -0.1) is 11.6 Å². The summed E-state index contributed by atoms with van der Waals surface area (Å²) >= 11 is 5.37. The van der Waals surface area contributed by atoms with E-state index in [9.17, 15) is 8.42 Å². The molecule has 78 valence electrons. The molecule has 0 aliphatic heterocycles. The van der Waals surface area contributed by atoms with Crippen molar-refractivity contribution in [2.75, 3.05) is 18.2 Å². The molecule has 0 saturated carbocycles. The van der Waals surface area contributed by atoms with Gasteiger partial charge in [0.2, 0.25) is 10.0 Å². The van der Waals surface area contributed by atoms with E-state index in [1.807, 2.05) is 0 Å². The number of sulfonamides is 1. The van der Waals surface area contributed by atoms with Crippen molar-refractivity contribution in [2.24, 2.45) is 0 Å². The minimum Gasteiger partial charge on any atom is -0.399 e. The fraction of sp³-hybridized carbons (Fsp3) is 0.250. The number of hydrogen-bond donors (Lipinski definition) is 2. The highest BCUT2D eigenvalue weighted by atomic mass is 35.5. The summed E-state index contributed by atoms with van der Waals surface area (Å²) < 4.78 is 25.3. The largest absolute Gasteiger partial charge is 0.399 e. The normalized spacial score (nSPS) is 11.5. The van der Waals surface area contributed by atoms with E-state index in [1.165, 1.54) is 24.3 Å². The molecule has 14 heavy (non-hydrogen) atoms. The van der Waals surface area contributed by atoms with E-state index < -0.39 is 10.0 Å². The Kier molecular flexibility index (Phi) is 3.74. The first-order valence-electron chi connectivity index (χ1n) is 3.97. The van der Waals surface area contributed by atoms with Crippen molar-refractivity contribution in [3.05, 3.63) is 24.3 Å². The molecule has 6 heteroatoms. The van der Waals surface area contributed by atoms with E-state index in [0.29, 0.717) is 5.69 Å². The third kappa shape index (κ3) is 2.87. The first kappa shape index (κ1) is 11.3. The molecule has 0 aromatic heterocycles. The number of rotatable bonds is 4. The van der Waals surface area contributed by atoms with E-state index in [4.69, 9.17) is 17.3 Å². The zero-order valence-electron chi connectivity index (χ0n) is 7.40. The van der Waals surface area contributed by atoms with Crippen LogP contribution in [-0.4, -0.2) is 20.8 Å². The second kappa shape index (κ2) is 4.63. The second-order valence-corrected chi connectivity index (χ2v) is 4.80. The summed E-state index contributed by atoms with van der Waals surface area (Å²) in [6.07, 6.45) is 0. The summed E-state index contributed by atoms with van der Waals surface area (Å²) in [5, 5.41) is 0. The third-order valence-electron chi connectivity index (χ3n) is 1.58. The summed E-state index contributed by atoms with van der Waals surface area (Å²) in [5.41, 5.74) is 5.96. The zero-order valence-corrected chi connectivity index (χ0v) is 8.98. The molecule has 0 fully saturated rings. The summed E-state index contributed by atoms with van der Waals surface area (Å²) in [5.74, 6) is 0.244. The lowest BCUT2D eigenvalue weighted by atomic mass is 10.3. The van der Waals surface area contributed by atoms with Crippen molar-refractivity contribution in [2.45, 2.75) is 4.90 Å². The van der Waals surface area contributed by atoms with Gasteiger partial charge in [0.05, 0.1) is 4.90 Å². The highest BCUT2D eigenvalue weighted by Gasteiger charge is 2.11. The number of nitrogens with two attached hydrogens (primary N) is 1. The Morgan fingerprint density at radius 2 is 1.86 bits per heavy atom. The van der Waals surface area contributed by atoms with Gasteiger partial charge in [-0.2, -0.15) is 0 Å². The minimum absolute atomic E-state index is 0.191. The van der Waals surface area contributed by atoms with Crippen LogP contribution in [0.1, 0.15) is 0 Å². The van der Waals surface area contributed by atoms with Crippen LogP contribution >= 0.6 is 11.6 Å². The summed E-state index contributed by atoms with van der Waals surface area (Å²) in [7, 11) is -3.43. The molecule has 0 radical (unpaired) electrons. The van der Waals surface area contributed by atoms with Gasteiger partial charge in [-0.05, 0) is 24.3 Å². The molecule has 4 nitrogen and oxygen atoms in total. The predicted molar refractivity (Wildman–Crippen MR) is 56.8 cm³/mol. The third-order valence-corrected chi connectivity index (χ3v) is 3.24. The molecule has 0 atom stereocenters. The molecule has 0 bridgehead atoms. The Hall–Kier alpha value is -0.780. The molecular formula is C8H11ClN2O2S. The van der Waals surface area contributed by atoms with E-state index >= 15 is 0 Å². The van der Waals surface area contributed by atoms with E-state index in [-0.39, 0.29) is 17.3 Å². The van der Waals surface area contributed by atoms with Crippen LogP contribution in [0.25, 0.3) is 0 Å². The molecule has 0 spiro atoms. The number of alkyl halides is 1. The fourth-order valence-corrected chi connectivity index (χ4v) is 2.14. The minimum atomic E-state index is -3.43. The Morgan fingerprint density at radius 3 is 2.36 bits per heavy atom. The summed E-state index contributed by atoms with van der Waals surface area (Å²) in [6, 6.07) is 5.97. The van der Waals surface area contributed by atoms with Gasteiger partial charge in [-0.25, -0.2) is 13.1 Å². The number of halogens is 1. The van der Waals surface area contributed by atoms with Crippen LogP contribution in [0.5, 0.6) is 0 Å². The van der Waals surface area contributed by atoms with Crippen LogP contribution in [0.3, 0.4) is 0 Å². The Bertz CT molecular complexity index is 388. The Morgan fingerprint density at radius 1 is 1.29 bits per heavy atom.